The molecule has 2 bridgehead atoms. The number of allylic oxidation sites excluding steroid dienone is 2. The van der Waals surface area contributed by atoms with Gasteiger partial charge in [-0.2, -0.15) is 13.2 Å². The molecule has 0 unspecified atom stereocenters. The first kappa shape index (κ1) is 46.9. The summed E-state index contributed by atoms with van der Waals surface area (Å²) in [6, 6.07) is 8.88. The van der Waals surface area contributed by atoms with Crippen molar-refractivity contribution in [1.29, 1.82) is 0 Å². The average Bonchev–Trinajstić information content (AvgIpc) is 3.59. The molecule has 0 radical (unpaired) electrons. The van der Waals surface area contributed by atoms with E-state index in [4.69, 9.17) is 28.4 Å². The number of carbonyl (C=O) groups is 3. The van der Waals surface area contributed by atoms with Crippen molar-refractivity contribution < 1.29 is 65.5 Å². The molecule has 0 saturated carbocycles. The van der Waals surface area contributed by atoms with Crippen molar-refractivity contribution in [3.63, 3.8) is 0 Å². The van der Waals surface area contributed by atoms with Gasteiger partial charge in [-0.1, -0.05) is 70.6 Å². The summed E-state index contributed by atoms with van der Waals surface area (Å²) in [5.41, 5.74) is -1.45. The molecule has 2 N–H and O–H groups in total. The van der Waals surface area contributed by atoms with E-state index in [1.165, 1.54) is 30.3 Å². The smallest absolute Gasteiger partial charge is 0.416 e. The fraction of sp³-hybridized carbons (Fsp3) is 0.490. The lowest BCUT2D eigenvalue weighted by molar-refractivity contribution is -0.300. The Morgan fingerprint density at radius 3 is 2.36 bits per heavy atom. The van der Waals surface area contributed by atoms with Gasteiger partial charge in [0, 0.05) is 30.4 Å². The summed E-state index contributed by atoms with van der Waals surface area (Å²) < 4.78 is 91.3. The molecule has 2 aromatic rings. The first-order valence-corrected chi connectivity index (χ1v) is 21.7. The summed E-state index contributed by atoms with van der Waals surface area (Å²) in [7, 11) is 0. The number of anilines is 1. The number of hydrogen-bond donors (Lipinski definition) is 2. The zero-order valence-electron chi connectivity index (χ0n) is 36.6. The Bertz CT molecular complexity index is 2220. The number of rotatable bonds is 6. The van der Waals surface area contributed by atoms with Crippen molar-refractivity contribution in [2.24, 2.45) is 23.7 Å². The van der Waals surface area contributed by atoms with E-state index in [-0.39, 0.29) is 54.2 Å². The molecule has 1 amide bonds. The van der Waals surface area contributed by atoms with Gasteiger partial charge in [0.15, 0.2) is 11.9 Å². The van der Waals surface area contributed by atoms with Gasteiger partial charge in [-0.3, -0.25) is 10.1 Å². The van der Waals surface area contributed by atoms with Crippen LogP contribution in [-0.4, -0.2) is 77.8 Å². The minimum Gasteiger partial charge on any atom is -0.462 e. The molecule has 11 nitrogen and oxygen atoms in total. The molecule has 2 fully saturated rings. The molecular formula is C49H55F4NO10. The molecule has 12 atom stereocenters. The van der Waals surface area contributed by atoms with E-state index in [9.17, 15) is 37.1 Å². The lowest BCUT2D eigenvalue weighted by Gasteiger charge is -2.48. The zero-order valence-corrected chi connectivity index (χ0v) is 36.6. The number of fused-ring (bicyclic) bond motifs is 2. The number of carbonyl (C=O) groups excluding carboxylic acids is 3. The number of alkyl halides is 3. The Hall–Kier alpha value is -5.09. The highest BCUT2D eigenvalue weighted by Crippen LogP contribution is 2.48. The monoisotopic (exact) mass is 893 g/mol. The molecule has 4 aliphatic heterocycles. The first-order chi connectivity index (χ1) is 30.3. The molecule has 15 heteroatoms. The van der Waals surface area contributed by atoms with Gasteiger partial charge in [0.1, 0.15) is 35.6 Å². The fourth-order valence-corrected chi connectivity index (χ4v) is 9.26. The van der Waals surface area contributed by atoms with Gasteiger partial charge in [-0.15, -0.1) is 0 Å². The van der Waals surface area contributed by atoms with Crippen molar-refractivity contribution >= 4 is 23.7 Å². The predicted octanol–water partition coefficient (Wildman–Crippen LogP) is 9.59. The number of hydrogen-bond acceptors (Lipinski definition) is 10. The van der Waals surface area contributed by atoms with Crippen molar-refractivity contribution in [3.05, 3.63) is 125 Å². The SMILES string of the molecule is CC[C@H](C)[C@H]1O[C@]2(C=C[C@@H]1C)C[C@@H]1C[C@@H](C/C=C(\C)[C@@H](OC(=O)c3ccc(F)cc3)[C@@H](C)/C=C/C=C3\CO[C@@H]4[C@H](OC(=O)Nc5ccc(C(F)(F)F)cc5)C(C)=C[C@@H](C(=O)O1)[C@]34O)O2. The van der Waals surface area contributed by atoms with Crippen molar-refractivity contribution in [2.45, 2.75) is 121 Å². The fourth-order valence-electron chi connectivity index (χ4n) is 9.26. The maximum atomic E-state index is 14.6. The average molecular weight is 894 g/mol. The lowest BCUT2D eigenvalue weighted by atomic mass is 9.70. The molecule has 64 heavy (non-hydrogen) atoms. The minimum absolute atomic E-state index is 0.0356. The summed E-state index contributed by atoms with van der Waals surface area (Å²) in [5, 5.41) is 15.3. The van der Waals surface area contributed by atoms with Crippen LogP contribution in [0.3, 0.4) is 0 Å². The molecule has 0 aromatic heterocycles. The largest absolute Gasteiger partial charge is 0.462 e. The standard InChI is InChI=1S/C49H55F4NO10/c1-7-27(2)41-30(5)21-22-47(64-41)25-38-24-37(63-47)20-11-29(4)40(61-44(55)32-12-16-35(50)17-13-32)28(3)9-8-10-34-26-59-43-42(31(6)23-39(45(56)60-38)48(34,43)58)62-46(57)54-36-18-14-33(15-19-36)49(51,52)53/h8-19,21-23,27-28,30,37-43,58H,7,20,24-26H2,1-6H3,(H,54,57)/b9-8+,29-11+,34-10+/t27-,28-,30-,37+,38-,39-,40-,41+,42+,43+,47+,48+/m0/s1. The third kappa shape index (κ3) is 9.92. The van der Waals surface area contributed by atoms with Crippen LogP contribution in [0.1, 0.15) is 83.1 Å². The summed E-state index contributed by atoms with van der Waals surface area (Å²) in [4.78, 5) is 41.3. The number of benzene rings is 2. The molecule has 5 aliphatic rings. The van der Waals surface area contributed by atoms with Crippen LogP contribution in [0.5, 0.6) is 0 Å². The highest BCUT2D eigenvalue weighted by molar-refractivity contribution is 5.89. The van der Waals surface area contributed by atoms with Gasteiger partial charge in [0.2, 0.25) is 0 Å². The number of esters is 2. The molecule has 1 aliphatic carbocycles. The summed E-state index contributed by atoms with van der Waals surface area (Å²) in [6.45, 7) is 11.4. The number of aliphatic hydroxyl groups is 1. The van der Waals surface area contributed by atoms with Crippen LogP contribution in [0.25, 0.3) is 0 Å². The lowest BCUT2D eigenvalue weighted by Crippen LogP contribution is -2.59. The molecule has 2 saturated heterocycles. The van der Waals surface area contributed by atoms with Crippen LogP contribution < -0.4 is 5.32 Å². The second-order valence-electron chi connectivity index (χ2n) is 17.7. The van der Waals surface area contributed by atoms with E-state index in [1.54, 1.807) is 25.2 Å². The van der Waals surface area contributed by atoms with Crippen LogP contribution in [0.4, 0.5) is 28.0 Å². The van der Waals surface area contributed by atoms with Gasteiger partial charge < -0.3 is 33.5 Å². The number of amides is 1. The Morgan fingerprint density at radius 1 is 0.953 bits per heavy atom. The van der Waals surface area contributed by atoms with Crippen LogP contribution in [0.15, 0.2) is 108 Å². The minimum atomic E-state index is -4.57. The quantitative estimate of drug-likeness (QED) is 0.125. The highest BCUT2D eigenvalue weighted by atomic mass is 19.4. The van der Waals surface area contributed by atoms with Crippen LogP contribution >= 0.6 is 0 Å². The predicted molar refractivity (Wildman–Crippen MR) is 227 cm³/mol. The van der Waals surface area contributed by atoms with Crippen LogP contribution in [0.2, 0.25) is 0 Å². The third-order valence-electron chi connectivity index (χ3n) is 13.0. The van der Waals surface area contributed by atoms with Crippen molar-refractivity contribution in [3.8, 4) is 0 Å². The van der Waals surface area contributed by atoms with Gasteiger partial charge in [0.05, 0.1) is 29.9 Å². The summed E-state index contributed by atoms with van der Waals surface area (Å²) in [6.07, 6.45) is 3.64. The third-order valence-corrected chi connectivity index (χ3v) is 13.0. The molecule has 4 heterocycles. The summed E-state index contributed by atoms with van der Waals surface area (Å²) in [5.74, 6) is -4.65. The topological polar surface area (TPSA) is 139 Å². The van der Waals surface area contributed by atoms with Crippen molar-refractivity contribution in [2.75, 3.05) is 11.9 Å². The van der Waals surface area contributed by atoms with Crippen LogP contribution in [-0.2, 0) is 39.4 Å². The van der Waals surface area contributed by atoms with E-state index < -0.39 is 89.3 Å². The number of nitrogens with one attached hydrogen (secondary N) is 1. The van der Waals surface area contributed by atoms with E-state index in [0.717, 1.165) is 30.7 Å². The molecule has 344 valence electrons. The van der Waals surface area contributed by atoms with Crippen LogP contribution in [0, 0.1) is 29.5 Å². The van der Waals surface area contributed by atoms with E-state index in [2.05, 4.69) is 32.2 Å². The van der Waals surface area contributed by atoms with E-state index in [1.807, 2.05) is 26.0 Å². The zero-order chi connectivity index (χ0) is 46.1. The Kier molecular flexibility index (Phi) is 13.8. The first-order valence-electron chi connectivity index (χ1n) is 21.7. The molecular weight excluding hydrogens is 839 g/mol. The highest BCUT2D eigenvalue weighted by Gasteiger charge is 2.61. The van der Waals surface area contributed by atoms with Gasteiger partial charge in [-0.25, -0.2) is 14.0 Å². The Morgan fingerprint density at radius 2 is 1.67 bits per heavy atom. The van der Waals surface area contributed by atoms with Crippen molar-refractivity contribution in [1.82, 2.24) is 0 Å². The van der Waals surface area contributed by atoms with E-state index in [0.29, 0.717) is 17.6 Å². The molecule has 2 aromatic carbocycles. The Balaban J connectivity index is 1.24. The number of ether oxygens (including phenoxy) is 6. The second-order valence-corrected chi connectivity index (χ2v) is 17.7. The van der Waals surface area contributed by atoms with E-state index >= 15 is 0 Å². The molecule has 1 spiro atoms. The number of halogens is 4. The normalized spacial score (nSPS) is 35.6. The molecule has 7 rings (SSSR count). The second kappa shape index (κ2) is 18.8. The maximum absolute atomic E-state index is 14.6. The van der Waals surface area contributed by atoms with Gasteiger partial charge in [-0.05, 0) is 97.5 Å². The van der Waals surface area contributed by atoms with Gasteiger partial charge >= 0.3 is 24.2 Å². The van der Waals surface area contributed by atoms with Gasteiger partial charge in [0.25, 0.3) is 0 Å². The summed E-state index contributed by atoms with van der Waals surface area (Å²) >= 11 is 0. The Labute approximate surface area is 370 Å². The maximum Gasteiger partial charge on any atom is 0.416 e.